The number of benzene rings is 2. The SMILES string of the molecule is Nc1cc(NC(=O)c2cccc(Cl)c2)ccc1S(=O)(=O)O.[K]. The van der Waals surface area contributed by atoms with Crippen LogP contribution in [0.2, 0.25) is 5.02 Å². The number of anilines is 2. The smallest absolute Gasteiger partial charge is 0.296 e. The molecule has 0 saturated carbocycles. The largest absolute Gasteiger partial charge is 0.398 e. The number of amides is 1. The molecule has 9 heteroatoms. The molecule has 0 fully saturated rings. The topological polar surface area (TPSA) is 109 Å². The first kappa shape index (κ1) is 19.6. The number of carbonyl (C=O) groups excluding carboxylic acids is 1. The third-order valence-electron chi connectivity index (χ3n) is 2.63. The molecular formula is C13H11ClKN2O4S. The molecule has 0 aliphatic heterocycles. The summed E-state index contributed by atoms with van der Waals surface area (Å²) in [4.78, 5) is 11.6. The van der Waals surface area contributed by atoms with E-state index in [0.717, 1.165) is 6.07 Å². The molecule has 22 heavy (non-hydrogen) atoms. The van der Waals surface area contributed by atoms with Crippen LogP contribution in [0.4, 0.5) is 11.4 Å². The molecule has 0 aromatic heterocycles. The molecule has 4 N–H and O–H groups in total. The zero-order valence-electron chi connectivity index (χ0n) is 11.6. The predicted octanol–water partition coefficient (Wildman–Crippen LogP) is 2.04. The van der Waals surface area contributed by atoms with E-state index < -0.39 is 20.9 Å². The number of halogens is 1. The zero-order chi connectivity index (χ0) is 15.6. The van der Waals surface area contributed by atoms with Gasteiger partial charge in [-0.3, -0.25) is 9.35 Å². The van der Waals surface area contributed by atoms with E-state index in [4.69, 9.17) is 21.9 Å². The number of hydrogen-bond acceptors (Lipinski definition) is 4. The van der Waals surface area contributed by atoms with E-state index in [1.54, 1.807) is 18.2 Å². The maximum Gasteiger partial charge on any atom is 0.296 e. The Kier molecular flexibility index (Phi) is 7.02. The zero-order valence-corrected chi connectivity index (χ0v) is 16.3. The van der Waals surface area contributed by atoms with Gasteiger partial charge in [0.05, 0.1) is 5.69 Å². The van der Waals surface area contributed by atoms with Gasteiger partial charge in [-0.25, -0.2) is 0 Å². The first-order valence-corrected chi connectivity index (χ1v) is 7.53. The summed E-state index contributed by atoms with van der Waals surface area (Å²) in [5.74, 6) is -0.420. The molecule has 2 rings (SSSR count). The van der Waals surface area contributed by atoms with E-state index in [0.29, 0.717) is 16.3 Å². The quantitative estimate of drug-likeness (QED) is 0.438. The Bertz CT molecular complexity index is 811. The van der Waals surface area contributed by atoms with Gasteiger partial charge in [0.25, 0.3) is 16.0 Å². The van der Waals surface area contributed by atoms with Crippen molar-refractivity contribution in [1.29, 1.82) is 0 Å². The van der Waals surface area contributed by atoms with Gasteiger partial charge in [-0.1, -0.05) is 17.7 Å². The maximum atomic E-state index is 12.0. The monoisotopic (exact) mass is 365 g/mol. The molecule has 0 saturated heterocycles. The van der Waals surface area contributed by atoms with Gasteiger partial charge in [0.2, 0.25) is 0 Å². The van der Waals surface area contributed by atoms with Crippen molar-refractivity contribution in [3.63, 3.8) is 0 Å². The fourth-order valence-corrected chi connectivity index (χ4v) is 2.48. The van der Waals surface area contributed by atoms with Crippen LogP contribution in [-0.4, -0.2) is 70.3 Å². The predicted molar refractivity (Wildman–Crippen MR) is 85.8 cm³/mol. The van der Waals surface area contributed by atoms with Crippen LogP contribution in [0.3, 0.4) is 0 Å². The number of hydrogen-bond donors (Lipinski definition) is 3. The van der Waals surface area contributed by atoms with E-state index in [2.05, 4.69) is 5.32 Å². The molecule has 0 bridgehead atoms. The molecule has 0 unspecified atom stereocenters. The minimum Gasteiger partial charge on any atom is -0.398 e. The van der Waals surface area contributed by atoms with Crippen LogP contribution in [0.25, 0.3) is 0 Å². The van der Waals surface area contributed by atoms with E-state index >= 15 is 0 Å². The molecule has 111 valence electrons. The van der Waals surface area contributed by atoms with Crippen molar-refractivity contribution >= 4 is 90.4 Å². The van der Waals surface area contributed by atoms with E-state index in [1.807, 2.05) is 0 Å². The number of nitrogen functional groups attached to an aromatic ring is 1. The summed E-state index contributed by atoms with van der Waals surface area (Å²) in [6, 6.07) is 10.0. The summed E-state index contributed by atoms with van der Waals surface area (Å²) in [6.45, 7) is 0. The number of nitrogens with one attached hydrogen (secondary N) is 1. The molecule has 0 atom stereocenters. The minimum absolute atomic E-state index is 0. The second kappa shape index (κ2) is 7.89. The van der Waals surface area contributed by atoms with Crippen molar-refractivity contribution in [2.75, 3.05) is 11.1 Å². The van der Waals surface area contributed by atoms with Gasteiger partial charge >= 0.3 is 0 Å². The van der Waals surface area contributed by atoms with Crippen molar-refractivity contribution in [1.82, 2.24) is 0 Å². The molecule has 0 heterocycles. The molecule has 2 aromatic rings. The number of nitrogens with two attached hydrogens (primary N) is 1. The van der Waals surface area contributed by atoms with Crippen molar-refractivity contribution in [2.45, 2.75) is 4.90 Å². The van der Waals surface area contributed by atoms with E-state index in [9.17, 15) is 13.2 Å². The summed E-state index contributed by atoms with van der Waals surface area (Å²) in [6.07, 6.45) is 0. The van der Waals surface area contributed by atoms with Gasteiger partial charge in [-0.2, -0.15) is 8.42 Å². The second-order valence-corrected chi connectivity index (χ2v) is 6.02. The Balaban J connectivity index is 0.00000242. The standard InChI is InChI=1S/C13H11ClN2O4S.K/c14-9-3-1-2-8(6-9)13(17)16-10-4-5-12(11(15)7-10)21(18,19)20;/h1-7H,15H2,(H,16,17)(H,18,19,20);. The van der Waals surface area contributed by atoms with Crippen molar-refractivity contribution in [2.24, 2.45) is 0 Å². The maximum absolute atomic E-state index is 12.0. The summed E-state index contributed by atoms with van der Waals surface area (Å²) in [5, 5.41) is 2.97. The molecule has 1 amide bonds. The third-order valence-corrected chi connectivity index (χ3v) is 3.80. The fraction of sp³-hybridized carbons (Fsp3) is 0. The summed E-state index contributed by atoms with van der Waals surface area (Å²) < 4.78 is 31.0. The van der Waals surface area contributed by atoms with Crippen LogP contribution < -0.4 is 11.1 Å². The van der Waals surface area contributed by atoms with Crippen LogP contribution in [0.1, 0.15) is 10.4 Å². The number of rotatable bonds is 3. The molecule has 0 spiro atoms. The van der Waals surface area contributed by atoms with Crippen LogP contribution in [0.5, 0.6) is 0 Å². The average Bonchev–Trinajstić information content (AvgIpc) is 2.37. The fourth-order valence-electron chi connectivity index (χ4n) is 1.69. The van der Waals surface area contributed by atoms with Crippen molar-refractivity contribution < 1.29 is 17.8 Å². The van der Waals surface area contributed by atoms with Gasteiger partial charge in [-0.15, -0.1) is 0 Å². The second-order valence-electron chi connectivity index (χ2n) is 4.19. The van der Waals surface area contributed by atoms with Crippen LogP contribution in [0, 0.1) is 0 Å². The molecule has 0 aliphatic rings. The Labute approximate surface area is 175 Å². The first-order valence-electron chi connectivity index (χ1n) is 5.71. The molecule has 0 aliphatic carbocycles. The first-order chi connectivity index (χ1) is 9.77. The van der Waals surface area contributed by atoms with E-state index in [-0.39, 0.29) is 57.1 Å². The van der Waals surface area contributed by atoms with Gasteiger partial charge in [0, 0.05) is 67.7 Å². The molecule has 2 aromatic carbocycles. The summed E-state index contributed by atoms with van der Waals surface area (Å²) in [7, 11) is -4.39. The van der Waals surface area contributed by atoms with Gasteiger partial charge in [-0.05, 0) is 36.4 Å². The third kappa shape index (κ3) is 5.03. The Morgan fingerprint density at radius 3 is 2.41 bits per heavy atom. The normalized spacial score (nSPS) is 10.6. The van der Waals surface area contributed by atoms with Crippen LogP contribution >= 0.6 is 11.6 Å². The van der Waals surface area contributed by atoms with E-state index in [1.165, 1.54) is 18.2 Å². The van der Waals surface area contributed by atoms with Gasteiger partial charge in [0.15, 0.2) is 0 Å². The Morgan fingerprint density at radius 1 is 1.18 bits per heavy atom. The van der Waals surface area contributed by atoms with Crippen LogP contribution in [-0.2, 0) is 10.1 Å². The summed E-state index contributed by atoms with van der Waals surface area (Å²) in [5.41, 5.74) is 6.01. The number of carbonyl (C=O) groups is 1. The molecule has 6 nitrogen and oxygen atoms in total. The Hall–Kier alpha value is -0.454. The van der Waals surface area contributed by atoms with Gasteiger partial charge in [0.1, 0.15) is 4.90 Å². The minimum atomic E-state index is -4.39. The average molecular weight is 366 g/mol. The van der Waals surface area contributed by atoms with Crippen molar-refractivity contribution in [3.05, 3.63) is 53.1 Å². The summed E-state index contributed by atoms with van der Waals surface area (Å²) >= 11 is 5.79. The van der Waals surface area contributed by atoms with Crippen molar-refractivity contribution in [3.8, 4) is 0 Å². The van der Waals surface area contributed by atoms with Crippen LogP contribution in [0.15, 0.2) is 47.4 Å². The van der Waals surface area contributed by atoms with Gasteiger partial charge < -0.3 is 11.1 Å². The Morgan fingerprint density at radius 2 is 1.86 bits per heavy atom. The molecular weight excluding hydrogens is 355 g/mol. The molecule has 1 radical (unpaired) electrons.